The molecule has 1 heterocycles. The molecule has 4 nitrogen and oxygen atoms in total. The normalized spacial score (nSPS) is 18.7. The van der Waals surface area contributed by atoms with Crippen LogP contribution >= 0.6 is 0 Å². The van der Waals surface area contributed by atoms with E-state index in [1.165, 1.54) is 0 Å². The third kappa shape index (κ3) is 3.42. The van der Waals surface area contributed by atoms with Crippen molar-refractivity contribution in [2.24, 2.45) is 0 Å². The molecule has 0 bridgehead atoms. The number of carboxylic acids is 1. The molecule has 2 aromatic carbocycles. The lowest BCUT2D eigenvalue weighted by atomic mass is 9.81. The predicted octanol–water partition coefficient (Wildman–Crippen LogP) is 5.97. The summed E-state index contributed by atoms with van der Waals surface area (Å²) in [6, 6.07) is 11.6. The van der Waals surface area contributed by atoms with E-state index in [0.717, 1.165) is 11.1 Å². The maximum atomic E-state index is 13.1. The largest absolute Gasteiger partial charge is 0.542 e. The molecule has 29 heavy (non-hydrogen) atoms. The minimum atomic E-state index is -2.37. The topological polar surface area (TPSA) is 55.8 Å². The predicted molar refractivity (Wildman–Crippen MR) is 122 cm³/mol. The Morgan fingerprint density at radius 1 is 1.10 bits per heavy atom. The summed E-state index contributed by atoms with van der Waals surface area (Å²) in [6.45, 7) is 16.9. The van der Waals surface area contributed by atoms with Crippen LogP contribution in [0.4, 0.5) is 0 Å². The summed E-state index contributed by atoms with van der Waals surface area (Å²) in [5.41, 5.74) is 2.37. The van der Waals surface area contributed by atoms with Crippen molar-refractivity contribution < 1.29 is 19.1 Å². The van der Waals surface area contributed by atoms with Gasteiger partial charge in [-0.2, -0.15) is 0 Å². The number of aliphatic carboxylic acids is 1. The first kappa shape index (κ1) is 21.6. The minimum absolute atomic E-state index is 0.118. The highest BCUT2D eigenvalue weighted by Gasteiger charge is 2.59. The van der Waals surface area contributed by atoms with E-state index in [-0.39, 0.29) is 5.41 Å². The average Bonchev–Trinajstić information content (AvgIpc) is 2.56. The molecule has 0 spiro atoms. The van der Waals surface area contributed by atoms with E-state index >= 15 is 0 Å². The van der Waals surface area contributed by atoms with E-state index in [2.05, 4.69) is 53.5 Å². The number of hydrogen-bond donors (Lipinski definition) is 1. The van der Waals surface area contributed by atoms with Crippen molar-refractivity contribution in [3.8, 4) is 17.2 Å². The lowest BCUT2D eigenvalue weighted by Gasteiger charge is -2.45. The maximum absolute atomic E-state index is 13.1. The highest BCUT2D eigenvalue weighted by atomic mass is 28.3. The number of carbonyl (C=O) groups is 1. The molecule has 1 atom stereocenters. The molecule has 1 radical (unpaired) electrons. The Bertz CT molecular complexity index is 954. The molecule has 0 fully saturated rings. The van der Waals surface area contributed by atoms with Crippen molar-refractivity contribution in [1.82, 2.24) is 0 Å². The monoisotopic (exact) mass is 427 g/mol. The van der Waals surface area contributed by atoms with E-state index in [1.54, 1.807) is 0 Å². The lowest BCUT2D eigenvalue weighted by Crippen LogP contribution is -2.57. The molecule has 0 aliphatic carbocycles. The van der Waals surface area contributed by atoms with Gasteiger partial charge in [0.15, 0.2) is 0 Å². The van der Waals surface area contributed by atoms with Crippen LogP contribution in [0.1, 0.15) is 37.5 Å². The number of carboxylic acid groups (broad SMARTS) is 1. The molecule has 3 rings (SSSR count). The standard InChI is InChI=1S/C23H31O4Si2/c1-22(2,3)15-13-18-20(19(14-15)27-28(4)5)23(21(24)25,29(6,7)8)16-11-9-10-12-17(16)26-18/h9-14H,1-8H3,(H,24,25). The van der Waals surface area contributed by atoms with Gasteiger partial charge in [-0.1, -0.05) is 58.6 Å². The molecule has 0 saturated carbocycles. The summed E-state index contributed by atoms with van der Waals surface area (Å²) in [5.74, 6) is 1.06. The summed E-state index contributed by atoms with van der Waals surface area (Å²) in [6.07, 6.45) is 0. The van der Waals surface area contributed by atoms with Crippen LogP contribution in [0.15, 0.2) is 36.4 Å². The molecular weight excluding hydrogens is 396 g/mol. The fraction of sp³-hybridized carbons (Fsp3) is 0.435. The van der Waals surface area contributed by atoms with E-state index in [0.29, 0.717) is 22.8 Å². The fourth-order valence-corrected chi connectivity index (χ4v) is 7.47. The van der Waals surface area contributed by atoms with Crippen LogP contribution in [0, 0.1) is 0 Å². The first-order valence-electron chi connectivity index (χ1n) is 9.98. The van der Waals surface area contributed by atoms with E-state index < -0.39 is 28.1 Å². The Morgan fingerprint density at radius 2 is 1.72 bits per heavy atom. The number of benzene rings is 2. The molecule has 0 aromatic heterocycles. The zero-order chi connectivity index (χ0) is 21.8. The Kier molecular flexibility index (Phi) is 5.24. The second kappa shape index (κ2) is 7.02. The van der Waals surface area contributed by atoms with Crippen LogP contribution in [0.2, 0.25) is 32.7 Å². The highest BCUT2D eigenvalue weighted by Crippen LogP contribution is 2.56. The summed E-state index contributed by atoms with van der Waals surface area (Å²) in [7, 11) is -3.48. The van der Waals surface area contributed by atoms with Crippen molar-refractivity contribution in [2.45, 2.75) is 64.0 Å². The van der Waals surface area contributed by atoms with E-state index in [1.807, 2.05) is 36.4 Å². The first-order valence-corrected chi connectivity index (χ1v) is 15.9. The van der Waals surface area contributed by atoms with Gasteiger partial charge >= 0.3 is 5.97 Å². The number of rotatable bonds is 4. The van der Waals surface area contributed by atoms with Crippen molar-refractivity contribution in [3.63, 3.8) is 0 Å². The summed E-state index contributed by atoms with van der Waals surface area (Å²) < 4.78 is 12.7. The van der Waals surface area contributed by atoms with Crippen LogP contribution in [-0.2, 0) is 15.2 Å². The third-order valence-corrected chi connectivity index (χ3v) is 9.19. The Hall–Kier alpha value is -2.06. The zero-order valence-electron chi connectivity index (χ0n) is 18.6. The minimum Gasteiger partial charge on any atom is -0.542 e. The van der Waals surface area contributed by atoms with Gasteiger partial charge in [0.25, 0.3) is 9.04 Å². The van der Waals surface area contributed by atoms with Crippen LogP contribution in [0.25, 0.3) is 0 Å². The first-order chi connectivity index (χ1) is 13.3. The SMILES string of the molecule is C[Si](C)Oc1cc(C(C)(C)C)cc2c1C(C(=O)O)([Si](C)(C)C)c1ccccc1O2. The Labute approximate surface area is 176 Å². The third-order valence-electron chi connectivity index (χ3n) is 5.58. The van der Waals surface area contributed by atoms with Gasteiger partial charge in [-0.3, -0.25) is 4.79 Å². The molecule has 6 heteroatoms. The lowest BCUT2D eigenvalue weighted by molar-refractivity contribution is -0.139. The highest BCUT2D eigenvalue weighted by molar-refractivity contribution is 6.83. The number of ether oxygens (including phenoxy) is 1. The van der Waals surface area contributed by atoms with E-state index in [9.17, 15) is 9.90 Å². The fourth-order valence-electron chi connectivity index (χ4n) is 4.21. The van der Waals surface area contributed by atoms with Crippen molar-refractivity contribution >= 4 is 23.1 Å². The molecule has 155 valence electrons. The van der Waals surface area contributed by atoms with Crippen LogP contribution in [-0.4, -0.2) is 28.2 Å². The van der Waals surface area contributed by atoms with Gasteiger partial charge in [-0.05, 0) is 42.3 Å². The van der Waals surface area contributed by atoms with Gasteiger partial charge < -0.3 is 14.3 Å². The van der Waals surface area contributed by atoms with Gasteiger partial charge in [0.1, 0.15) is 22.3 Å². The second-order valence-corrected chi connectivity index (χ2v) is 17.3. The molecule has 0 amide bonds. The molecule has 2 aromatic rings. The molecule has 1 N–H and O–H groups in total. The van der Waals surface area contributed by atoms with Gasteiger partial charge in [-0.25, -0.2) is 0 Å². The summed E-state index contributed by atoms with van der Waals surface area (Å²) in [4.78, 5) is 13.1. The van der Waals surface area contributed by atoms with Crippen LogP contribution in [0.3, 0.4) is 0 Å². The average molecular weight is 428 g/mol. The van der Waals surface area contributed by atoms with Gasteiger partial charge in [0.05, 0.1) is 13.6 Å². The molecule has 1 unspecified atom stereocenters. The van der Waals surface area contributed by atoms with Crippen molar-refractivity contribution in [2.75, 3.05) is 0 Å². The quantitative estimate of drug-likeness (QED) is 0.611. The second-order valence-electron chi connectivity index (χ2n) is 10.0. The summed E-state index contributed by atoms with van der Waals surface area (Å²) >= 11 is 0. The Morgan fingerprint density at radius 3 is 2.24 bits per heavy atom. The molecule has 1 aliphatic rings. The van der Waals surface area contributed by atoms with Crippen LogP contribution < -0.4 is 9.16 Å². The van der Waals surface area contributed by atoms with Crippen LogP contribution in [0.5, 0.6) is 17.2 Å². The maximum Gasteiger partial charge on any atom is 0.316 e. The number of hydrogen-bond acceptors (Lipinski definition) is 3. The van der Waals surface area contributed by atoms with Crippen molar-refractivity contribution in [1.29, 1.82) is 0 Å². The zero-order valence-corrected chi connectivity index (χ0v) is 20.6. The number of fused-ring (bicyclic) bond motifs is 2. The van der Waals surface area contributed by atoms with Crippen molar-refractivity contribution in [3.05, 3.63) is 53.1 Å². The van der Waals surface area contributed by atoms with Gasteiger partial charge in [0, 0.05) is 5.56 Å². The van der Waals surface area contributed by atoms with E-state index in [4.69, 9.17) is 9.16 Å². The smallest absolute Gasteiger partial charge is 0.316 e. The molecule has 1 aliphatic heterocycles. The molecular formula is C23H31O4Si2. The summed E-state index contributed by atoms with van der Waals surface area (Å²) in [5, 5.41) is 9.59. The Balaban J connectivity index is 2.49. The van der Waals surface area contributed by atoms with Gasteiger partial charge in [0.2, 0.25) is 0 Å². The van der Waals surface area contributed by atoms with Gasteiger partial charge in [-0.15, -0.1) is 0 Å². The molecule has 0 saturated heterocycles. The number of para-hydroxylation sites is 1.